The van der Waals surface area contributed by atoms with E-state index in [9.17, 15) is 34.7 Å². The number of hydrogen-bond donors (Lipinski definition) is 4. The molecule has 3 N–H and O–H groups in total. The average Bonchev–Trinajstić information content (AvgIpc) is 2.57. The molecule has 0 aromatic heterocycles. The maximum Gasteiger partial charge on any atom is 0.303 e. The second kappa shape index (κ2) is 10.3. The topological polar surface area (TPSA) is 150 Å². The number of nitrogens with zero attached hydrogens (tertiary/aromatic N) is 2. The van der Waals surface area contributed by atoms with E-state index >= 15 is 0 Å². The van der Waals surface area contributed by atoms with Gasteiger partial charge in [-0.1, -0.05) is 13.8 Å². The van der Waals surface area contributed by atoms with E-state index in [4.69, 9.17) is 0 Å². The zero-order valence-electron chi connectivity index (χ0n) is 14.5. The van der Waals surface area contributed by atoms with Crippen molar-refractivity contribution in [1.29, 1.82) is 0 Å². The molecule has 0 saturated carbocycles. The first-order valence-corrected chi connectivity index (χ1v) is 8.28. The maximum atomic E-state index is 12.4. The molecule has 0 aromatic carbocycles. The Balaban J connectivity index is 5.32. The van der Waals surface area contributed by atoms with Crippen molar-refractivity contribution >= 4 is 30.4 Å². The summed E-state index contributed by atoms with van der Waals surface area (Å²) in [6.07, 6.45) is -2.04. The highest BCUT2D eigenvalue weighted by molar-refractivity contribution is 7.80. The Morgan fingerprint density at radius 1 is 1.32 bits per heavy atom. The predicted octanol–water partition coefficient (Wildman–Crippen LogP) is -1.18. The van der Waals surface area contributed by atoms with Gasteiger partial charge in [-0.2, -0.15) is 12.6 Å². The lowest BCUT2D eigenvalue weighted by molar-refractivity contribution is -0.504. The normalized spacial score (nSPS) is 13.7. The molecule has 3 amide bonds. The zero-order valence-corrected chi connectivity index (χ0v) is 15.4. The van der Waals surface area contributed by atoms with E-state index in [1.807, 2.05) is 0 Å². The monoisotopic (exact) mass is 379 g/mol. The Morgan fingerprint density at radius 3 is 2.32 bits per heavy atom. The average molecular weight is 379 g/mol. The molecular formula is C14H25N3O7S. The van der Waals surface area contributed by atoms with Crippen molar-refractivity contribution in [1.82, 2.24) is 10.2 Å². The Bertz CT molecular complexity index is 513. The molecule has 25 heavy (non-hydrogen) atoms. The Morgan fingerprint density at radius 2 is 1.88 bits per heavy atom. The summed E-state index contributed by atoms with van der Waals surface area (Å²) in [7, 11) is 0. The highest BCUT2D eigenvalue weighted by atomic mass is 32.1. The number of rotatable bonds is 10. The van der Waals surface area contributed by atoms with Crippen LogP contribution in [0.3, 0.4) is 0 Å². The van der Waals surface area contributed by atoms with Gasteiger partial charge in [0, 0.05) is 42.5 Å². The first-order chi connectivity index (χ1) is 11.5. The van der Waals surface area contributed by atoms with Gasteiger partial charge in [-0.25, -0.2) is 0 Å². The molecule has 1 unspecified atom stereocenters. The molecule has 144 valence electrons. The summed E-state index contributed by atoms with van der Waals surface area (Å²) in [6.45, 7) is 3.12. The van der Waals surface area contributed by atoms with Crippen LogP contribution in [0.25, 0.3) is 0 Å². The van der Waals surface area contributed by atoms with Crippen LogP contribution in [0.4, 0.5) is 0 Å². The fraction of sp³-hybridized carbons (Fsp3) is 0.786. The second-order valence-corrected chi connectivity index (χ2v) is 6.61. The standard InChI is InChI=1S/C14H25N3O7S/c1-9(17(23)24)12(21)16(6-4-10(19)15-5-7-25)13(22)11(20)14(2,3)8-18/h9,11,18,20,25H,4-8H2,1-3H3,(H,15,19)/t9?,11-/m0/s1. The van der Waals surface area contributed by atoms with Crippen molar-refractivity contribution in [3.8, 4) is 0 Å². The number of hydrogen-bond acceptors (Lipinski definition) is 8. The molecule has 0 heterocycles. The van der Waals surface area contributed by atoms with Gasteiger partial charge in [0.15, 0.2) is 0 Å². The minimum atomic E-state index is -1.76. The minimum absolute atomic E-state index is 0.276. The summed E-state index contributed by atoms with van der Waals surface area (Å²) in [4.78, 5) is 46.7. The summed E-state index contributed by atoms with van der Waals surface area (Å²) in [5, 5.41) is 32.7. The Hall–Kier alpha value is -1.72. The quantitative estimate of drug-likeness (QED) is 0.212. The molecular weight excluding hydrogens is 354 g/mol. The lowest BCUT2D eigenvalue weighted by Crippen LogP contribution is -2.53. The summed E-state index contributed by atoms with van der Waals surface area (Å²) >= 11 is 3.92. The molecule has 0 spiro atoms. The number of amides is 3. The third-order valence-electron chi connectivity index (χ3n) is 3.58. The van der Waals surface area contributed by atoms with Crippen LogP contribution in [0.1, 0.15) is 27.2 Å². The molecule has 11 heteroatoms. The van der Waals surface area contributed by atoms with Crippen LogP contribution in [-0.4, -0.2) is 75.4 Å². The van der Waals surface area contributed by atoms with Crippen LogP contribution in [0.5, 0.6) is 0 Å². The molecule has 0 aliphatic rings. The third kappa shape index (κ3) is 6.96. The summed E-state index contributed by atoms with van der Waals surface area (Å²) in [6, 6.07) is -1.71. The van der Waals surface area contributed by atoms with Crippen molar-refractivity contribution in [2.75, 3.05) is 25.4 Å². The van der Waals surface area contributed by atoms with Crippen LogP contribution in [0.2, 0.25) is 0 Å². The largest absolute Gasteiger partial charge is 0.396 e. The van der Waals surface area contributed by atoms with E-state index < -0.39 is 53.4 Å². The number of carbonyl (C=O) groups is 3. The van der Waals surface area contributed by atoms with E-state index in [-0.39, 0.29) is 13.0 Å². The summed E-state index contributed by atoms with van der Waals surface area (Å²) in [5.41, 5.74) is -1.26. The zero-order chi connectivity index (χ0) is 19.8. The fourth-order valence-electron chi connectivity index (χ4n) is 1.71. The van der Waals surface area contributed by atoms with Crippen LogP contribution in [-0.2, 0) is 14.4 Å². The van der Waals surface area contributed by atoms with Gasteiger partial charge in [-0.3, -0.25) is 29.4 Å². The number of nitro groups is 1. The van der Waals surface area contributed by atoms with Crippen LogP contribution >= 0.6 is 12.6 Å². The minimum Gasteiger partial charge on any atom is -0.396 e. The van der Waals surface area contributed by atoms with Crippen LogP contribution in [0.15, 0.2) is 0 Å². The van der Waals surface area contributed by atoms with E-state index in [1.165, 1.54) is 13.8 Å². The molecule has 0 rings (SSSR count). The molecule has 0 saturated heterocycles. The molecule has 0 bridgehead atoms. The molecule has 0 aliphatic carbocycles. The van der Waals surface area contributed by atoms with E-state index in [1.54, 1.807) is 0 Å². The Kier molecular flexibility index (Phi) is 9.60. The lowest BCUT2D eigenvalue weighted by atomic mass is 9.86. The number of aliphatic hydroxyl groups excluding tert-OH is 2. The molecule has 0 aliphatic heterocycles. The van der Waals surface area contributed by atoms with Gasteiger partial charge in [0.05, 0.1) is 6.61 Å². The SMILES string of the molecule is CC(C(=O)N(CCC(=O)NCCS)C(=O)[C@H](O)C(C)(C)CO)[N+](=O)[O-]. The van der Waals surface area contributed by atoms with Gasteiger partial charge >= 0.3 is 5.91 Å². The van der Waals surface area contributed by atoms with Crippen molar-refractivity contribution in [3.63, 3.8) is 0 Å². The van der Waals surface area contributed by atoms with Gasteiger partial charge in [-0.15, -0.1) is 0 Å². The van der Waals surface area contributed by atoms with E-state index in [0.29, 0.717) is 10.7 Å². The van der Waals surface area contributed by atoms with Gasteiger partial charge < -0.3 is 15.5 Å². The van der Waals surface area contributed by atoms with Crippen molar-refractivity contribution in [2.24, 2.45) is 5.41 Å². The highest BCUT2D eigenvalue weighted by Gasteiger charge is 2.41. The molecule has 0 radical (unpaired) electrons. The smallest absolute Gasteiger partial charge is 0.303 e. The van der Waals surface area contributed by atoms with Crippen molar-refractivity contribution in [2.45, 2.75) is 39.3 Å². The number of nitrogens with one attached hydrogen (secondary N) is 1. The first kappa shape index (κ1) is 23.3. The number of carbonyl (C=O) groups excluding carboxylic acids is 3. The van der Waals surface area contributed by atoms with E-state index in [2.05, 4.69) is 17.9 Å². The van der Waals surface area contributed by atoms with Gasteiger partial charge in [0.25, 0.3) is 11.9 Å². The van der Waals surface area contributed by atoms with Crippen molar-refractivity contribution in [3.05, 3.63) is 10.1 Å². The highest BCUT2D eigenvalue weighted by Crippen LogP contribution is 2.22. The van der Waals surface area contributed by atoms with Crippen molar-refractivity contribution < 1.29 is 29.5 Å². The maximum absolute atomic E-state index is 12.4. The van der Waals surface area contributed by atoms with E-state index in [0.717, 1.165) is 6.92 Å². The summed E-state index contributed by atoms with van der Waals surface area (Å²) < 4.78 is 0. The molecule has 0 aromatic rings. The fourth-order valence-corrected chi connectivity index (χ4v) is 1.82. The molecule has 0 fully saturated rings. The van der Waals surface area contributed by atoms with Gasteiger partial charge in [0.1, 0.15) is 6.10 Å². The van der Waals surface area contributed by atoms with Crippen LogP contribution < -0.4 is 5.32 Å². The summed E-state index contributed by atoms with van der Waals surface area (Å²) in [5.74, 6) is -2.30. The van der Waals surface area contributed by atoms with Crippen LogP contribution in [0, 0.1) is 15.5 Å². The third-order valence-corrected chi connectivity index (χ3v) is 3.81. The molecule has 2 atom stereocenters. The van der Waals surface area contributed by atoms with Gasteiger partial charge in [-0.05, 0) is 0 Å². The number of thiol groups is 1. The number of imide groups is 1. The number of aliphatic hydroxyl groups is 2. The molecule has 10 nitrogen and oxygen atoms in total. The van der Waals surface area contributed by atoms with Gasteiger partial charge in [0.2, 0.25) is 5.91 Å². The Labute approximate surface area is 151 Å². The second-order valence-electron chi connectivity index (χ2n) is 6.16. The lowest BCUT2D eigenvalue weighted by Gasteiger charge is -2.31. The predicted molar refractivity (Wildman–Crippen MR) is 91.5 cm³/mol. The first-order valence-electron chi connectivity index (χ1n) is 7.64.